The van der Waals surface area contributed by atoms with Crippen LogP contribution in [0.2, 0.25) is 0 Å². The van der Waals surface area contributed by atoms with Gasteiger partial charge in [0, 0.05) is 18.2 Å². The number of carbonyl (C=O) groups excluding carboxylic acids is 1. The maximum Gasteiger partial charge on any atom is 0.251 e. The molecule has 1 atom stereocenters. The van der Waals surface area contributed by atoms with Crippen LogP contribution >= 0.6 is 12.4 Å². The van der Waals surface area contributed by atoms with Crippen molar-refractivity contribution in [1.29, 1.82) is 0 Å². The van der Waals surface area contributed by atoms with E-state index in [1.807, 2.05) is 0 Å². The summed E-state index contributed by atoms with van der Waals surface area (Å²) < 4.78 is 10.9. The van der Waals surface area contributed by atoms with Gasteiger partial charge in [-0.05, 0) is 24.6 Å². The van der Waals surface area contributed by atoms with Gasteiger partial charge in [-0.2, -0.15) is 0 Å². The first kappa shape index (κ1) is 17.6. The predicted molar refractivity (Wildman–Crippen MR) is 84.5 cm³/mol. The van der Waals surface area contributed by atoms with Crippen molar-refractivity contribution in [3.63, 3.8) is 0 Å². The molecule has 1 unspecified atom stereocenters. The number of ether oxygens (including phenoxy) is 2. The molecule has 0 saturated carbocycles. The molecule has 1 aromatic rings. The van der Waals surface area contributed by atoms with Crippen molar-refractivity contribution in [3.05, 3.63) is 23.8 Å². The fourth-order valence-electron chi connectivity index (χ4n) is 2.15. The third-order valence-electron chi connectivity index (χ3n) is 3.33. The number of hydrogen-bond donors (Lipinski definition) is 2. The van der Waals surface area contributed by atoms with E-state index in [4.69, 9.17) is 15.2 Å². The summed E-state index contributed by atoms with van der Waals surface area (Å²) >= 11 is 0. The number of hydrogen-bond acceptors (Lipinski definition) is 4. The van der Waals surface area contributed by atoms with Crippen LogP contribution in [0.25, 0.3) is 0 Å². The summed E-state index contributed by atoms with van der Waals surface area (Å²) in [4.78, 5) is 12.2. The topological polar surface area (TPSA) is 73.6 Å². The average Bonchev–Trinajstić information content (AvgIpc) is 2.50. The molecule has 0 aliphatic carbocycles. The summed E-state index contributed by atoms with van der Waals surface area (Å²) in [6, 6.07) is 5.26. The molecule has 3 N–H and O–H groups in total. The Morgan fingerprint density at radius 2 is 2.05 bits per heavy atom. The Labute approximate surface area is 131 Å². The standard InChI is InChI=1S/C15H22N2O3.ClH/c1-2-3-4-12(10-16)17-15(18)11-5-6-13-14(9-11)20-8-7-19-13;/h5-6,9,12H,2-4,7-8,10,16H2,1H3,(H,17,18);1H. The van der Waals surface area contributed by atoms with Crippen molar-refractivity contribution in [2.75, 3.05) is 19.8 Å². The molecule has 0 aromatic heterocycles. The normalized spacial score (nSPS) is 14.0. The lowest BCUT2D eigenvalue weighted by molar-refractivity contribution is 0.0934. The Morgan fingerprint density at radius 3 is 2.71 bits per heavy atom. The number of unbranched alkanes of at least 4 members (excludes halogenated alkanes) is 1. The molecular formula is C15H23ClN2O3. The second-order valence-electron chi connectivity index (χ2n) is 4.91. The van der Waals surface area contributed by atoms with Gasteiger partial charge in [0.25, 0.3) is 5.91 Å². The Bertz CT molecular complexity index is 468. The number of fused-ring (bicyclic) bond motifs is 1. The van der Waals surface area contributed by atoms with Crippen LogP contribution < -0.4 is 20.5 Å². The van der Waals surface area contributed by atoms with Gasteiger partial charge in [-0.15, -0.1) is 12.4 Å². The van der Waals surface area contributed by atoms with Gasteiger partial charge >= 0.3 is 0 Å². The highest BCUT2D eigenvalue weighted by Gasteiger charge is 2.16. The van der Waals surface area contributed by atoms with Crippen LogP contribution in [0.4, 0.5) is 0 Å². The number of nitrogens with two attached hydrogens (primary N) is 1. The molecular weight excluding hydrogens is 292 g/mol. The number of amides is 1. The molecule has 1 heterocycles. The van der Waals surface area contributed by atoms with Crippen molar-refractivity contribution >= 4 is 18.3 Å². The van der Waals surface area contributed by atoms with Crippen molar-refractivity contribution in [2.45, 2.75) is 32.2 Å². The average molecular weight is 315 g/mol. The minimum absolute atomic E-state index is 0. The fraction of sp³-hybridized carbons (Fsp3) is 0.533. The summed E-state index contributed by atoms with van der Waals surface area (Å²) in [7, 11) is 0. The molecule has 0 spiro atoms. The third kappa shape index (κ3) is 4.79. The molecule has 1 aromatic carbocycles. The molecule has 6 heteroatoms. The van der Waals surface area contributed by atoms with Gasteiger partial charge in [0.05, 0.1) is 0 Å². The first-order chi connectivity index (χ1) is 9.74. The van der Waals surface area contributed by atoms with Gasteiger partial charge < -0.3 is 20.5 Å². The third-order valence-corrected chi connectivity index (χ3v) is 3.33. The second-order valence-corrected chi connectivity index (χ2v) is 4.91. The van der Waals surface area contributed by atoms with Gasteiger partial charge in [-0.3, -0.25) is 4.79 Å². The van der Waals surface area contributed by atoms with Crippen molar-refractivity contribution in [2.24, 2.45) is 5.73 Å². The highest BCUT2D eigenvalue weighted by molar-refractivity contribution is 5.95. The zero-order valence-corrected chi connectivity index (χ0v) is 13.1. The molecule has 1 aliphatic rings. The Hall–Kier alpha value is -1.46. The molecule has 0 radical (unpaired) electrons. The predicted octanol–water partition coefficient (Wildman–Crippen LogP) is 2.13. The zero-order valence-electron chi connectivity index (χ0n) is 12.3. The number of nitrogens with one attached hydrogen (secondary N) is 1. The lowest BCUT2D eigenvalue weighted by Crippen LogP contribution is -2.40. The van der Waals surface area contributed by atoms with Crippen LogP contribution in [-0.4, -0.2) is 31.7 Å². The highest BCUT2D eigenvalue weighted by Crippen LogP contribution is 2.30. The zero-order chi connectivity index (χ0) is 14.4. The molecule has 0 saturated heterocycles. The van der Waals surface area contributed by atoms with Crippen LogP contribution in [-0.2, 0) is 0 Å². The lowest BCUT2D eigenvalue weighted by Gasteiger charge is -2.20. The van der Waals surface area contributed by atoms with Crippen LogP contribution in [0.15, 0.2) is 18.2 Å². The second kappa shape index (κ2) is 8.74. The van der Waals surface area contributed by atoms with E-state index in [1.54, 1.807) is 18.2 Å². The highest BCUT2D eigenvalue weighted by atomic mass is 35.5. The molecule has 5 nitrogen and oxygen atoms in total. The Kier molecular flexibility index (Phi) is 7.32. The molecule has 0 fully saturated rings. The van der Waals surface area contributed by atoms with Crippen molar-refractivity contribution in [1.82, 2.24) is 5.32 Å². The van der Waals surface area contributed by atoms with Crippen molar-refractivity contribution in [3.8, 4) is 11.5 Å². The summed E-state index contributed by atoms with van der Waals surface area (Å²) in [6.07, 6.45) is 3.06. The molecule has 118 valence electrons. The smallest absolute Gasteiger partial charge is 0.251 e. The molecule has 1 amide bonds. The van der Waals surface area contributed by atoms with Gasteiger partial charge in [0.15, 0.2) is 11.5 Å². The molecule has 1 aliphatic heterocycles. The number of carbonyl (C=O) groups is 1. The minimum Gasteiger partial charge on any atom is -0.486 e. The maximum absolute atomic E-state index is 12.2. The van der Waals surface area contributed by atoms with E-state index in [2.05, 4.69) is 12.2 Å². The van der Waals surface area contributed by atoms with E-state index < -0.39 is 0 Å². The number of rotatable bonds is 6. The first-order valence-electron chi connectivity index (χ1n) is 7.15. The molecule has 21 heavy (non-hydrogen) atoms. The molecule has 2 rings (SSSR count). The van der Waals surface area contributed by atoms with E-state index in [9.17, 15) is 4.79 Å². The first-order valence-corrected chi connectivity index (χ1v) is 7.15. The van der Waals surface area contributed by atoms with E-state index in [1.165, 1.54) is 0 Å². The van der Waals surface area contributed by atoms with Gasteiger partial charge in [-0.25, -0.2) is 0 Å². The van der Waals surface area contributed by atoms with E-state index in [0.29, 0.717) is 36.8 Å². The largest absolute Gasteiger partial charge is 0.486 e. The van der Waals surface area contributed by atoms with Crippen LogP contribution in [0.1, 0.15) is 36.5 Å². The number of benzene rings is 1. The SMILES string of the molecule is CCCCC(CN)NC(=O)c1ccc2c(c1)OCCO2.Cl. The number of halogens is 1. The summed E-state index contributed by atoms with van der Waals surface area (Å²) in [5.74, 6) is 1.20. The van der Waals surface area contributed by atoms with Crippen LogP contribution in [0.3, 0.4) is 0 Å². The van der Waals surface area contributed by atoms with E-state index in [-0.39, 0.29) is 24.4 Å². The quantitative estimate of drug-likeness (QED) is 0.843. The Morgan fingerprint density at radius 1 is 1.33 bits per heavy atom. The van der Waals surface area contributed by atoms with E-state index >= 15 is 0 Å². The lowest BCUT2D eigenvalue weighted by atomic mass is 10.1. The van der Waals surface area contributed by atoms with Gasteiger partial charge in [0.2, 0.25) is 0 Å². The van der Waals surface area contributed by atoms with E-state index in [0.717, 1.165) is 19.3 Å². The molecule has 0 bridgehead atoms. The summed E-state index contributed by atoms with van der Waals surface area (Å²) in [5, 5.41) is 2.96. The van der Waals surface area contributed by atoms with Crippen molar-refractivity contribution < 1.29 is 14.3 Å². The van der Waals surface area contributed by atoms with Gasteiger partial charge in [0.1, 0.15) is 13.2 Å². The monoisotopic (exact) mass is 314 g/mol. The summed E-state index contributed by atoms with van der Waals surface area (Å²) in [5.41, 5.74) is 6.26. The van der Waals surface area contributed by atoms with Crippen LogP contribution in [0, 0.1) is 0 Å². The van der Waals surface area contributed by atoms with Gasteiger partial charge in [-0.1, -0.05) is 19.8 Å². The van der Waals surface area contributed by atoms with Crippen LogP contribution in [0.5, 0.6) is 11.5 Å². The Balaban J connectivity index is 0.00000220. The summed E-state index contributed by atoms with van der Waals surface area (Å²) in [6.45, 7) is 3.64. The maximum atomic E-state index is 12.2. The fourth-order valence-corrected chi connectivity index (χ4v) is 2.15. The minimum atomic E-state index is -0.117.